The van der Waals surface area contributed by atoms with E-state index in [1.807, 2.05) is 31.2 Å². The molecule has 0 aromatic heterocycles. The van der Waals surface area contributed by atoms with Gasteiger partial charge in [-0.05, 0) is 24.2 Å². The van der Waals surface area contributed by atoms with Crippen LogP contribution >= 0.6 is 0 Å². The van der Waals surface area contributed by atoms with Gasteiger partial charge in [-0.25, -0.2) is 0 Å². The number of likely N-dealkylation sites (N-methyl/N-ethyl adjacent to an activating group) is 1. The van der Waals surface area contributed by atoms with Crippen LogP contribution in [-0.4, -0.2) is 40.9 Å². The Morgan fingerprint density at radius 2 is 1.94 bits per heavy atom. The summed E-state index contributed by atoms with van der Waals surface area (Å²) in [7, 11) is 0. The molecule has 1 unspecified atom stereocenters. The van der Waals surface area contributed by atoms with Crippen molar-refractivity contribution < 1.29 is 10.2 Å². The minimum Gasteiger partial charge on any atom is -0.399 e. The molecule has 1 atom stereocenters. The highest BCUT2D eigenvalue weighted by atomic mass is 16.3. The number of aliphatic hydroxyl groups is 2. The third-order valence-corrected chi connectivity index (χ3v) is 2.51. The van der Waals surface area contributed by atoms with E-state index in [1.165, 1.54) is 0 Å². The Balaban J connectivity index is 2.52. The number of benzene rings is 1. The molecule has 90 valence electrons. The average Bonchev–Trinajstić information content (AvgIpc) is 2.30. The van der Waals surface area contributed by atoms with Crippen molar-refractivity contribution in [3.05, 3.63) is 29.8 Å². The molecule has 0 heterocycles. The summed E-state index contributed by atoms with van der Waals surface area (Å²) in [6.07, 6.45) is -0.672. The maximum atomic E-state index is 9.37. The third-order valence-electron chi connectivity index (χ3n) is 2.51. The second kappa shape index (κ2) is 6.48. The predicted octanol–water partition coefficient (Wildman–Crippen LogP) is 0.444. The van der Waals surface area contributed by atoms with E-state index < -0.39 is 6.10 Å². The number of aliphatic hydroxyl groups excluding tert-OH is 2. The quantitative estimate of drug-likeness (QED) is 0.613. The molecule has 1 aromatic rings. The van der Waals surface area contributed by atoms with E-state index in [4.69, 9.17) is 10.8 Å². The number of anilines is 1. The van der Waals surface area contributed by atoms with Crippen molar-refractivity contribution in [2.75, 3.05) is 25.4 Å². The molecule has 0 saturated carbocycles. The lowest BCUT2D eigenvalue weighted by Gasteiger charge is -2.22. The molecule has 4 nitrogen and oxygen atoms in total. The summed E-state index contributed by atoms with van der Waals surface area (Å²) >= 11 is 0. The van der Waals surface area contributed by atoms with Crippen LogP contribution in [0.3, 0.4) is 0 Å². The minimum atomic E-state index is -0.672. The molecule has 0 aliphatic heterocycles. The molecule has 0 aliphatic rings. The average molecular weight is 224 g/mol. The number of hydrogen-bond donors (Lipinski definition) is 3. The van der Waals surface area contributed by atoms with Crippen LogP contribution < -0.4 is 5.73 Å². The third kappa shape index (κ3) is 4.18. The van der Waals surface area contributed by atoms with Gasteiger partial charge in [-0.1, -0.05) is 19.1 Å². The van der Waals surface area contributed by atoms with Gasteiger partial charge in [0.15, 0.2) is 0 Å². The van der Waals surface area contributed by atoms with E-state index in [9.17, 15) is 5.11 Å². The van der Waals surface area contributed by atoms with Crippen LogP contribution in [0.2, 0.25) is 0 Å². The van der Waals surface area contributed by atoms with Gasteiger partial charge in [0.25, 0.3) is 0 Å². The molecule has 4 N–H and O–H groups in total. The first-order valence-corrected chi connectivity index (χ1v) is 5.51. The Bertz CT molecular complexity index is 300. The van der Waals surface area contributed by atoms with E-state index in [2.05, 4.69) is 4.90 Å². The molecule has 16 heavy (non-hydrogen) atoms. The fraction of sp³-hybridized carbons (Fsp3) is 0.500. The highest BCUT2D eigenvalue weighted by Crippen LogP contribution is 2.08. The van der Waals surface area contributed by atoms with Crippen molar-refractivity contribution in [3.63, 3.8) is 0 Å². The summed E-state index contributed by atoms with van der Waals surface area (Å²) in [6.45, 7) is 3.91. The van der Waals surface area contributed by atoms with Crippen LogP contribution in [0.25, 0.3) is 0 Å². The zero-order valence-corrected chi connectivity index (χ0v) is 9.63. The van der Waals surface area contributed by atoms with Gasteiger partial charge in [-0.3, -0.25) is 4.90 Å². The van der Waals surface area contributed by atoms with Crippen LogP contribution in [0.1, 0.15) is 12.5 Å². The Hall–Kier alpha value is -1.10. The Labute approximate surface area is 96.3 Å². The van der Waals surface area contributed by atoms with Crippen LogP contribution in [0.4, 0.5) is 5.69 Å². The Kier molecular flexibility index (Phi) is 5.25. The van der Waals surface area contributed by atoms with E-state index in [0.717, 1.165) is 24.3 Å². The molecular formula is C12H20N2O2. The smallest absolute Gasteiger partial charge is 0.0897 e. The van der Waals surface area contributed by atoms with Crippen LogP contribution in [0.5, 0.6) is 0 Å². The fourth-order valence-electron chi connectivity index (χ4n) is 1.54. The molecule has 0 saturated heterocycles. The largest absolute Gasteiger partial charge is 0.399 e. The lowest BCUT2D eigenvalue weighted by atomic mass is 10.2. The number of nitrogens with zero attached hydrogens (tertiary/aromatic N) is 1. The van der Waals surface area contributed by atoms with Gasteiger partial charge in [0, 0.05) is 18.8 Å². The van der Waals surface area contributed by atoms with Crippen molar-refractivity contribution >= 4 is 5.69 Å². The van der Waals surface area contributed by atoms with E-state index in [-0.39, 0.29) is 6.61 Å². The molecule has 0 spiro atoms. The van der Waals surface area contributed by atoms with Crippen LogP contribution in [-0.2, 0) is 6.54 Å². The van der Waals surface area contributed by atoms with Gasteiger partial charge >= 0.3 is 0 Å². The van der Waals surface area contributed by atoms with Gasteiger partial charge in [-0.15, -0.1) is 0 Å². The normalized spacial score (nSPS) is 13.0. The molecule has 0 fully saturated rings. The van der Waals surface area contributed by atoms with Crippen LogP contribution in [0.15, 0.2) is 24.3 Å². The summed E-state index contributed by atoms with van der Waals surface area (Å²) < 4.78 is 0. The maximum Gasteiger partial charge on any atom is 0.0897 e. The second-order valence-corrected chi connectivity index (χ2v) is 3.91. The first-order chi connectivity index (χ1) is 7.65. The highest BCUT2D eigenvalue weighted by Gasteiger charge is 2.09. The highest BCUT2D eigenvalue weighted by molar-refractivity contribution is 5.39. The predicted molar refractivity (Wildman–Crippen MR) is 64.9 cm³/mol. The SMILES string of the molecule is CCN(Cc1ccc(N)cc1)CC(O)CO. The lowest BCUT2D eigenvalue weighted by molar-refractivity contribution is 0.0584. The molecule has 0 aliphatic carbocycles. The minimum absolute atomic E-state index is 0.196. The first kappa shape index (κ1) is 13.0. The molecule has 4 heteroatoms. The van der Waals surface area contributed by atoms with Crippen molar-refractivity contribution in [2.45, 2.75) is 19.6 Å². The fourth-order valence-corrected chi connectivity index (χ4v) is 1.54. The number of nitrogen functional groups attached to an aromatic ring is 1. The van der Waals surface area contributed by atoms with E-state index >= 15 is 0 Å². The summed E-state index contributed by atoms with van der Waals surface area (Å²) in [5, 5.41) is 18.2. The molecule has 0 amide bonds. The van der Waals surface area contributed by atoms with Crippen LogP contribution in [0, 0.1) is 0 Å². The van der Waals surface area contributed by atoms with E-state index in [1.54, 1.807) is 0 Å². The van der Waals surface area contributed by atoms with Gasteiger partial charge in [-0.2, -0.15) is 0 Å². The second-order valence-electron chi connectivity index (χ2n) is 3.91. The summed E-state index contributed by atoms with van der Waals surface area (Å²) in [5.74, 6) is 0. The summed E-state index contributed by atoms with van der Waals surface area (Å²) in [6, 6.07) is 7.68. The van der Waals surface area contributed by atoms with Crippen molar-refractivity contribution in [2.24, 2.45) is 0 Å². The van der Waals surface area contributed by atoms with Gasteiger partial charge < -0.3 is 15.9 Å². The zero-order chi connectivity index (χ0) is 12.0. The monoisotopic (exact) mass is 224 g/mol. The van der Waals surface area contributed by atoms with E-state index in [0.29, 0.717) is 6.54 Å². The summed E-state index contributed by atoms with van der Waals surface area (Å²) in [5.41, 5.74) is 7.51. The molecule has 1 rings (SSSR count). The standard InChI is InChI=1S/C12H20N2O2/c1-2-14(8-12(16)9-15)7-10-3-5-11(13)6-4-10/h3-6,12,15-16H,2,7-9,13H2,1H3. The zero-order valence-electron chi connectivity index (χ0n) is 9.63. The van der Waals surface area contributed by atoms with Crippen molar-refractivity contribution in [1.82, 2.24) is 4.90 Å². The van der Waals surface area contributed by atoms with Crippen molar-refractivity contribution in [1.29, 1.82) is 0 Å². The Morgan fingerprint density at radius 3 is 2.44 bits per heavy atom. The number of hydrogen-bond acceptors (Lipinski definition) is 4. The molecular weight excluding hydrogens is 204 g/mol. The maximum absolute atomic E-state index is 9.37. The number of nitrogens with two attached hydrogens (primary N) is 1. The Morgan fingerprint density at radius 1 is 1.31 bits per heavy atom. The molecule has 0 bridgehead atoms. The summed E-state index contributed by atoms with van der Waals surface area (Å²) in [4.78, 5) is 2.08. The first-order valence-electron chi connectivity index (χ1n) is 5.51. The molecule has 1 aromatic carbocycles. The molecule has 0 radical (unpaired) electrons. The lowest BCUT2D eigenvalue weighted by Crippen LogP contribution is -2.33. The van der Waals surface area contributed by atoms with Crippen molar-refractivity contribution in [3.8, 4) is 0 Å². The number of rotatable bonds is 6. The topological polar surface area (TPSA) is 69.7 Å². The van der Waals surface area contributed by atoms with Gasteiger partial charge in [0.05, 0.1) is 12.7 Å². The van der Waals surface area contributed by atoms with Gasteiger partial charge in [0.2, 0.25) is 0 Å². The van der Waals surface area contributed by atoms with Gasteiger partial charge in [0.1, 0.15) is 0 Å².